The summed E-state index contributed by atoms with van der Waals surface area (Å²) in [5.41, 5.74) is 1.88. The number of anilines is 2. The predicted molar refractivity (Wildman–Crippen MR) is 107 cm³/mol. The van der Waals surface area contributed by atoms with Crippen molar-refractivity contribution in [2.45, 2.75) is 18.2 Å². The summed E-state index contributed by atoms with van der Waals surface area (Å²) in [6, 6.07) is 16.2. The highest BCUT2D eigenvalue weighted by molar-refractivity contribution is 7.99. The molecular weight excluding hydrogens is 362 g/mol. The number of rotatable bonds is 9. The summed E-state index contributed by atoms with van der Waals surface area (Å²) < 4.78 is 5.08. The van der Waals surface area contributed by atoms with E-state index in [9.17, 15) is 9.59 Å². The zero-order chi connectivity index (χ0) is 19.5. The fourth-order valence-corrected chi connectivity index (χ4v) is 2.85. The van der Waals surface area contributed by atoms with E-state index < -0.39 is 0 Å². The standard InChI is InChI=1S/C20H21N3O3S/c1-2-12-26-20(25)15-7-9-16(10-8-15)22-14-19(24)23-17-5-3-4-6-18(17)27-13-11-21/h3-10,22H,2,12-14H2,1H3,(H,23,24). The lowest BCUT2D eigenvalue weighted by Gasteiger charge is -2.11. The van der Waals surface area contributed by atoms with E-state index in [0.717, 1.165) is 17.0 Å². The van der Waals surface area contributed by atoms with E-state index >= 15 is 0 Å². The molecule has 0 heterocycles. The van der Waals surface area contributed by atoms with Crippen LogP contribution in [0, 0.1) is 11.3 Å². The molecule has 0 saturated carbocycles. The Balaban J connectivity index is 1.87. The zero-order valence-corrected chi connectivity index (χ0v) is 15.8. The summed E-state index contributed by atoms with van der Waals surface area (Å²) in [6.07, 6.45) is 0.776. The number of benzene rings is 2. The molecule has 6 nitrogen and oxygen atoms in total. The number of nitrogens with one attached hydrogen (secondary N) is 2. The topological polar surface area (TPSA) is 91.2 Å². The second kappa shape index (κ2) is 10.9. The van der Waals surface area contributed by atoms with Crippen LogP contribution < -0.4 is 10.6 Å². The molecule has 2 aromatic rings. The van der Waals surface area contributed by atoms with Crippen molar-refractivity contribution in [2.75, 3.05) is 29.5 Å². The van der Waals surface area contributed by atoms with Crippen LogP contribution in [0.1, 0.15) is 23.7 Å². The maximum absolute atomic E-state index is 12.2. The summed E-state index contributed by atoms with van der Waals surface area (Å²) in [5, 5.41) is 14.6. The summed E-state index contributed by atoms with van der Waals surface area (Å²) in [7, 11) is 0. The van der Waals surface area contributed by atoms with Gasteiger partial charge < -0.3 is 15.4 Å². The normalized spacial score (nSPS) is 9.93. The molecule has 0 spiro atoms. The molecule has 0 aliphatic heterocycles. The fraction of sp³-hybridized carbons (Fsp3) is 0.250. The van der Waals surface area contributed by atoms with Crippen LogP contribution in [0.25, 0.3) is 0 Å². The Bertz CT molecular complexity index is 816. The van der Waals surface area contributed by atoms with Crippen molar-refractivity contribution in [3.05, 3.63) is 54.1 Å². The van der Waals surface area contributed by atoms with Crippen molar-refractivity contribution in [3.8, 4) is 6.07 Å². The van der Waals surface area contributed by atoms with Crippen molar-refractivity contribution < 1.29 is 14.3 Å². The van der Waals surface area contributed by atoms with Crippen LogP contribution in [0.4, 0.5) is 11.4 Å². The minimum absolute atomic E-state index is 0.0802. The largest absolute Gasteiger partial charge is 0.462 e. The van der Waals surface area contributed by atoms with Gasteiger partial charge in [0.25, 0.3) is 0 Å². The number of amides is 1. The number of carbonyl (C=O) groups excluding carboxylic acids is 2. The second-order valence-electron chi connectivity index (χ2n) is 5.56. The molecule has 2 rings (SSSR count). The second-order valence-corrected chi connectivity index (χ2v) is 6.58. The van der Waals surface area contributed by atoms with Crippen molar-refractivity contribution in [1.82, 2.24) is 0 Å². The van der Waals surface area contributed by atoms with Gasteiger partial charge in [0.1, 0.15) is 0 Å². The van der Waals surface area contributed by atoms with Gasteiger partial charge in [0.15, 0.2) is 0 Å². The maximum Gasteiger partial charge on any atom is 0.338 e. The van der Waals surface area contributed by atoms with E-state index in [1.165, 1.54) is 11.8 Å². The summed E-state index contributed by atoms with van der Waals surface area (Å²) in [6.45, 7) is 2.41. The average molecular weight is 383 g/mol. The molecule has 0 saturated heterocycles. The zero-order valence-electron chi connectivity index (χ0n) is 15.0. The Morgan fingerprint density at radius 3 is 2.59 bits per heavy atom. The van der Waals surface area contributed by atoms with Crippen LogP contribution in [-0.2, 0) is 9.53 Å². The van der Waals surface area contributed by atoms with E-state index in [0.29, 0.717) is 23.6 Å². The Kier molecular flexibility index (Phi) is 8.20. The lowest BCUT2D eigenvalue weighted by Crippen LogP contribution is -2.22. The Hall–Kier alpha value is -2.98. The van der Waals surface area contributed by atoms with Crippen LogP contribution >= 0.6 is 11.8 Å². The van der Waals surface area contributed by atoms with E-state index in [4.69, 9.17) is 10.00 Å². The fourth-order valence-electron chi connectivity index (χ4n) is 2.18. The van der Waals surface area contributed by atoms with Crippen molar-refractivity contribution >= 4 is 35.0 Å². The van der Waals surface area contributed by atoms with Crippen LogP contribution in [0.3, 0.4) is 0 Å². The molecule has 140 valence electrons. The molecule has 0 aliphatic rings. The lowest BCUT2D eigenvalue weighted by atomic mass is 10.2. The van der Waals surface area contributed by atoms with Crippen molar-refractivity contribution in [1.29, 1.82) is 5.26 Å². The summed E-state index contributed by atoms with van der Waals surface area (Å²) >= 11 is 1.37. The molecule has 2 aromatic carbocycles. The number of carbonyl (C=O) groups is 2. The first-order valence-electron chi connectivity index (χ1n) is 8.53. The predicted octanol–water partition coefficient (Wildman–Crippen LogP) is 3.92. The monoisotopic (exact) mass is 383 g/mol. The van der Waals surface area contributed by atoms with Gasteiger partial charge in [0, 0.05) is 10.6 Å². The molecule has 1 amide bonds. The maximum atomic E-state index is 12.2. The Morgan fingerprint density at radius 2 is 1.89 bits per heavy atom. The van der Waals surface area contributed by atoms with Crippen molar-refractivity contribution in [3.63, 3.8) is 0 Å². The molecule has 0 radical (unpaired) electrons. The van der Waals surface area contributed by atoms with Gasteiger partial charge in [0.2, 0.25) is 5.91 Å². The van der Waals surface area contributed by atoms with Crippen LogP contribution in [-0.4, -0.2) is 30.8 Å². The van der Waals surface area contributed by atoms with Gasteiger partial charge in [-0.15, -0.1) is 11.8 Å². The minimum Gasteiger partial charge on any atom is -0.462 e. The summed E-state index contributed by atoms with van der Waals surface area (Å²) in [4.78, 5) is 24.8. The van der Waals surface area contributed by atoms with E-state index in [-0.39, 0.29) is 18.4 Å². The number of hydrogen-bond donors (Lipinski definition) is 2. The van der Waals surface area contributed by atoms with Gasteiger partial charge in [-0.1, -0.05) is 19.1 Å². The molecule has 0 atom stereocenters. The molecule has 2 N–H and O–H groups in total. The van der Waals surface area contributed by atoms with E-state index in [1.807, 2.05) is 25.1 Å². The third kappa shape index (κ3) is 6.68. The molecule has 7 heteroatoms. The molecule has 27 heavy (non-hydrogen) atoms. The first kappa shape index (κ1) is 20.3. The number of nitrogens with zero attached hydrogens (tertiary/aromatic N) is 1. The van der Waals surface area contributed by atoms with E-state index in [1.54, 1.807) is 30.3 Å². The third-order valence-corrected chi connectivity index (χ3v) is 4.40. The van der Waals surface area contributed by atoms with Gasteiger partial charge in [-0.3, -0.25) is 4.79 Å². The van der Waals surface area contributed by atoms with Crippen LogP contribution in [0.15, 0.2) is 53.4 Å². The highest BCUT2D eigenvalue weighted by Crippen LogP contribution is 2.26. The van der Waals surface area contributed by atoms with Gasteiger partial charge in [-0.2, -0.15) is 5.26 Å². The number of esters is 1. The van der Waals surface area contributed by atoms with Crippen molar-refractivity contribution in [2.24, 2.45) is 0 Å². The number of para-hydroxylation sites is 1. The number of thioether (sulfide) groups is 1. The van der Waals surface area contributed by atoms with Gasteiger partial charge in [-0.05, 0) is 42.8 Å². The highest BCUT2D eigenvalue weighted by Gasteiger charge is 2.08. The number of ether oxygens (including phenoxy) is 1. The smallest absolute Gasteiger partial charge is 0.338 e. The minimum atomic E-state index is -0.354. The Morgan fingerprint density at radius 1 is 1.15 bits per heavy atom. The molecule has 0 bridgehead atoms. The lowest BCUT2D eigenvalue weighted by molar-refractivity contribution is -0.114. The average Bonchev–Trinajstić information content (AvgIpc) is 2.70. The third-order valence-electron chi connectivity index (χ3n) is 3.46. The quantitative estimate of drug-likeness (QED) is 0.504. The van der Waals surface area contributed by atoms with Crippen LogP contribution in [0.2, 0.25) is 0 Å². The highest BCUT2D eigenvalue weighted by atomic mass is 32.2. The molecule has 0 aliphatic carbocycles. The first-order valence-corrected chi connectivity index (χ1v) is 9.52. The van der Waals surface area contributed by atoms with Crippen LogP contribution in [0.5, 0.6) is 0 Å². The van der Waals surface area contributed by atoms with Gasteiger partial charge in [-0.25, -0.2) is 4.79 Å². The molecule has 0 unspecified atom stereocenters. The number of hydrogen-bond acceptors (Lipinski definition) is 6. The van der Waals surface area contributed by atoms with E-state index in [2.05, 4.69) is 16.7 Å². The molecule has 0 aromatic heterocycles. The first-order chi connectivity index (χ1) is 13.1. The molecule has 0 fully saturated rings. The molecular formula is C20H21N3O3S. The SMILES string of the molecule is CCCOC(=O)c1ccc(NCC(=O)Nc2ccccc2SCC#N)cc1. The van der Waals surface area contributed by atoms with Gasteiger partial charge in [0.05, 0.1) is 36.2 Å². The summed E-state index contributed by atoms with van der Waals surface area (Å²) in [5.74, 6) is -0.239. The Labute approximate surface area is 162 Å². The number of nitriles is 1. The van der Waals surface area contributed by atoms with Gasteiger partial charge >= 0.3 is 5.97 Å².